The molecule has 26 heavy (non-hydrogen) atoms. The predicted molar refractivity (Wildman–Crippen MR) is 110 cm³/mol. The number of oxime groups is 1. The number of fused-ring (bicyclic) bond motifs is 1. The van der Waals surface area contributed by atoms with Gasteiger partial charge in [-0.15, -0.1) is 0 Å². The van der Waals surface area contributed by atoms with E-state index in [1.165, 1.54) is 5.56 Å². The van der Waals surface area contributed by atoms with Gasteiger partial charge in [0, 0.05) is 27.2 Å². The van der Waals surface area contributed by atoms with Crippen molar-refractivity contribution in [2.24, 2.45) is 5.16 Å². The van der Waals surface area contributed by atoms with Gasteiger partial charge >= 0.3 is 0 Å². The topological polar surface area (TPSA) is 34.5 Å². The summed E-state index contributed by atoms with van der Waals surface area (Å²) in [4.78, 5) is 9.92. The monoisotopic (exact) mass is 366 g/mol. The van der Waals surface area contributed by atoms with Gasteiger partial charge in [-0.05, 0) is 62.1 Å². The molecule has 134 valence electrons. The molecule has 0 fully saturated rings. The Bertz CT molecular complexity index is 985. The van der Waals surface area contributed by atoms with Gasteiger partial charge < -0.3 is 4.84 Å². The summed E-state index contributed by atoms with van der Waals surface area (Å²) in [6.07, 6.45) is 0.787. The maximum Gasteiger partial charge on any atom is 0.106 e. The summed E-state index contributed by atoms with van der Waals surface area (Å²) in [6.45, 7) is 8.28. The molecule has 0 spiro atoms. The Kier molecular flexibility index (Phi) is 5.28. The summed E-state index contributed by atoms with van der Waals surface area (Å²) in [5.41, 5.74) is 8.53. The van der Waals surface area contributed by atoms with Crippen molar-refractivity contribution in [3.8, 4) is 11.1 Å². The molecule has 0 N–H and O–H groups in total. The first-order chi connectivity index (χ1) is 12.5. The lowest BCUT2D eigenvalue weighted by molar-refractivity contribution is 0.213. The minimum Gasteiger partial charge on any atom is -0.399 e. The van der Waals surface area contributed by atoms with Crippen LogP contribution in [0.4, 0.5) is 0 Å². The number of aromatic nitrogens is 1. The van der Waals surface area contributed by atoms with Crippen LogP contribution in [0.1, 0.15) is 35.7 Å². The highest BCUT2D eigenvalue weighted by Crippen LogP contribution is 2.35. The van der Waals surface area contributed by atoms with E-state index in [4.69, 9.17) is 21.4 Å². The van der Waals surface area contributed by atoms with E-state index in [9.17, 15) is 0 Å². The molecule has 0 aliphatic carbocycles. The summed E-state index contributed by atoms with van der Waals surface area (Å²) in [6, 6.07) is 12.4. The van der Waals surface area contributed by atoms with Gasteiger partial charge in [-0.25, -0.2) is 0 Å². The zero-order valence-electron chi connectivity index (χ0n) is 15.9. The van der Waals surface area contributed by atoms with Gasteiger partial charge in [0.1, 0.15) is 7.11 Å². The van der Waals surface area contributed by atoms with E-state index in [0.29, 0.717) is 0 Å². The van der Waals surface area contributed by atoms with Gasteiger partial charge in [0.2, 0.25) is 0 Å². The van der Waals surface area contributed by atoms with E-state index >= 15 is 0 Å². The lowest BCUT2D eigenvalue weighted by atomic mass is 9.92. The van der Waals surface area contributed by atoms with E-state index in [-0.39, 0.29) is 0 Å². The van der Waals surface area contributed by atoms with Gasteiger partial charge in [-0.1, -0.05) is 41.9 Å². The number of nitrogens with zero attached hydrogens (tertiary/aromatic N) is 2. The third kappa shape index (κ3) is 3.32. The van der Waals surface area contributed by atoms with Crippen LogP contribution in [0.15, 0.2) is 41.6 Å². The largest absolute Gasteiger partial charge is 0.399 e. The molecule has 0 aliphatic rings. The Balaban J connectivity index is 2.38. The van der Waals surface area contributed by atoms with Crippen LogP contribution < -0.4 is 0 Å². The van der Waals surface area contributed by atoms with Gasteiger partial charge in [0.25, 0.3) is 0 Å². The molecule has 3 nitrogen and oxygen atoms in total. The third-order valence-electron chi connectivity index (χ3n) is 4.58. The fourth-order valence-electron chi connectivity index (χ4n) is 3.57. The first kappa shape index (κ1) is 18.4. The number of hydrogen-bond donors (Lipinski definition) is 0. The van der Waals surface area contributed by atoms with Crippen LogP contribution >= 0.6 is 11.6 Å². The molecule has 0 saturated carbocycles. The van der Waals surface area contributed by atoms with Crippen LogP contribution in [0, 0.1) is 20.8 Å². The highest BCUT2D eigenvalue weighted by Gasteiger charge is 2.16. The molecule has 0 amide bonds. The van der Waals surface area contributed by atoms with Crippen LogP contribution in [0.3, 0.4) is 0 Å². The Labute approximate surface area is 159 Å². The lowest BCUT2D eigenvalue weighted by Crippen LogP contribution is -2.04. The maximum atomic E-state index is 6.23. The van der Waals surface area contributed by atoms with Gasteiger partial charge in [0.15, 0.2) is 0 Å². The second-order valence-corrected chi connectivity index (χ2v) is 6.94. The highest BCUT2D eigenvalue weighted by molar-refractivity contribution is 6.30. The van der Waals surface area contributed by atoms with Crippen molar-refractivity contribution in [1.29, 1.82) is 0 Å². The van der Waals surface area contributed by atoms with Crippen molar-refractivity contribution >= 4 is 28.2 Å². The fourth-order valence-corrected chi connectivity index (χ4v) is 3.89. The third-order valence-corrected chi connectivity index (χ3v) is 4.80. The Morgan fingerprint density at radius 3 is 2.42 bits per heavy atom. The number of pyridine rings is 1. The van der Waals surface area contributed by atoms with E-state index in [2.05, 4.69) is 50.2 Å². The molecule has 0 radical (unpaired) electrons. The SMILES string of the molecule is CCC(=NOC)c1cc(C)nc2c(-c3c(C)cc(Cl)cc3C)cccc12. The van der Waals surface area contributed by atoms with Crippen molar-refractivity contribution in [2.75, 3.05) is 7.11 Å². The van der Waals surface area contributed by atoms with E-state index in [1.54, 1.807) is 7.11 Å². The van der Waals surface area contributed by atoms with Crippen LogP contribution in [-0.2, 0) is 4.84 Å². The van der Waals surface area contributed by atoms with E-state index in [0.717, 1.165) is 56.0 Å². The quantitative estimate of drug-likeness (QED) is 0.404. The molecule has 0 aliphatic heterocycles. The molecular formula is C22H23ClN2O. The smallest absolute Gasteiger partial charge is 0.106 e. The summed E-state index contributed by atoms with van der Waals surface area (Å²) >= 11 is 6.23. The van der Waals surface area contributed by atoms with Gasteiger partial charge in [-0.2, -0.15) is 0 Å². The molecule has 3 rings (SSSR count). The molecule has 1 heterocycles. The standard InChI is InChI=1S/C22H23ClN2O/c1-6-20(25-26-5)19-12-15(4)24-22-17(19)8-7-9-18(22)21-13(2)10-16(23)11-14(21)3/h7-12H,6H2,1-5H3. The molecule has 0 saturated heterocycles. The number of halogens is 1. The Morgan fingerprint density at radius 2 is 1.81 bits per heavy atom. The average Bonchev–Trinajstić information content (AvgIpc) is 2.58. The van der Waals surface area contributed by atoms with Crippen molar-refractivity contribution in [3.05, 3.63) is 63.8 Å². The zero-order chi connectivity index (χ0) is 18.8. The summed E-state index contributed by atoms with van der Waals surface area (Å²) in [5, 5.41) is 6.07. The van der Waals surface area contributed by atoms with Crippen molar-refractivity contribution in [2.45, 2.75) is 34.1 Å². The first-order valence-electron chi connectivity index (χ1n) is 8.74. The normalized spacial score (nSPS) is 11.8. The van der Waals surface area contributed by atoms with Crippen LogP contribution in [0.5, 0.6) is 0 Å². The number of aryl methyl sites for hydroxylation is 3. The molecule has 0 atom stereocenters. The average molecular weight is 367 g/mol. The van der Waals surface area contributed by atoms with Crippen LogP contribution in [0.2, 0.25) is 5.02 Å². The number of hydrogen-bond acceptors (Lipinski definition) is 3. The minimum absolute atomic E-state index is 0.759. The van der Waals surface area contributed by atoms with Crippen molar-refractivity contribution in [1.82, 2.24) is 4.98 Å². The van der Waals surface area contributed by atoms with Gasteiger partial charge in [0.05, 0.1) is 11.2 Å². The molecular weight excluding hydrogens is 344 g/mol. The van der Waals surface area contributed by atoms with E-state index < -0.39 is 0 Å². The molecule has 0 unspecified atom stereocenters. The Hall–Kier alpha value is -2.39. The number of rotatable bonds is 4. The van der Waals surface area contributed by atoms with E-state index in [1.807, 2.05) is 19.1 Å². The van der Waals surface area contributed by atoms with Crippen LogP contribution in [-0.4, -0.2) is 17.8 Å². The lowest BCUT2D eigenvalue weighted by Gasteiger charge is -2.15. The highest BCUT2D eigenvalue weighted by atomic mass is 35.5. The van der Waals surface area contributed by atoms with Crippen molar-refractivity contribution in [3.63, 3.8) is 0 Å². The predicted octanol–water partition coefficient (Wildman–Crippen LogP) is 6.24. The molecule has 4 heteroatoms. The summed E-state index contributed by atoms with van der Waals surface area (Å²) in [5.74, 6) is 0. The number of benzene rings is 2. The molecule has 0 bridgehead atoms. The maximum absolute atomic E-state index is 6.23. The van der Waals surface area contributed by atoms with Crippen molar-refractivity contribution < 1.29 is 4.84 Å². The molecule has 3 aromatic rings. The molecule has 2 aromatic carbocycles. The Morgan fingerprint density at radius 1 is 1.12 bits per heavy atom. The first-order valence-corrected chi connectivity index (χ1v) is 9.12. The number of para-hydroxylation sites is 1. The zero-order valence-corrected chi connectivity index (χ0v) is 16.6. The second kappa shape index (κ2) is 7.46. The minimum atomic E-state index is 0.759. The fraction of sp³-hybridized carbons (Fsp3) is 0.273. The van der Waals surface area contributed by atoms with Gasteiger partial charge in [-0.3, -0.25) is 4.98 Å². The summed E-state index contributed by atoms with van der Waals surface area (Å²) in [7, 11) is 1.58. The second-order valence-electron chi connectivity index (χ2n) is 6.50. The molecule has 1 aromatic heterocycles. The summed E-state index contributed by atoms with van der Waals surface area (Å²) < 4.78 is 0. The van der Waals surface area contributed by atoms with Crippen LogP contribution in [0.25, 0.3) is 22.0 Å².